The van der Waals surface area contributed by atoms with E-state index >= 15 is 0 Å². The SMILES string of the molecule is CCC1CN(CC(=O)Nc2cccc(C(C)=O)c2)c2ccc(N)cc2O1. The molecule has 0 fully saturated rings. The summed E-state index contributed by atoms with van der Waals surface area (Å²) in [6.45, 7) is 4.38. The Morgan fingerprint density at radius 1 is 1.27 bits per heavy atom. The molecule has 0 bridgehead atoms. The topological polar surface area (TPSA) is 84.7 Å². The lowest BCUT2D eigenvalue weighted by atomic mass is 10.1. The van der Waals surface area contributed by atoms with Crippen LogP contribution in [0.2, 0.25) is 0 Å². The number of ether oxygens (including phenoxy) is 1. The van der Waals surface area contributed by atoms with Crippen LogP contribution < -0.4 is 20.7 Å². The van der Waals surface area contributed by atoms with Gasteiger partial charge in [0.15, 0.2) is 5.78 Å². The number of nitrogens with zero attached hydrogens (tertiary/aromatic N) is 1. The minimum Gasteiger partial charge on any atom is -0.486 e. The number of nitrogen functional groups attached to an aromatic ring is 1. The molecule has 1 aliphatic heterocycles. The van der Waals surface area contributed by atoms with E-state index in [1.165, 1.54) is 6.92 Å². The fourth-order valence-electron chi connectivity index (χ4n) is 3.00. The summed E-state index contributed by atoms with van der Waals surface area (Å²) < 4.78 is 5.94. The number of fused-ring (bicyclic) bond motifs is 1. The van der Waals surface area contributed by atoms with Crippen LogP contribution in [-0.4, -0.2) is 30.9 Å². The van der Waals surface area contributed by atoms with E-state index in [1.807, 2.05) is 17.9 Å². The summed E-state index contributed by atoms with van der Waals surface area (Å²) in [6, 6.07) is 12.4. The maximum absolute atomic E-state index is 12.5. The lowest BCUT2D eigenvalue weighted by Gasteiger charge is -2.35. The smallest absolute Gasteiger partial charge is 0.243 e. The van der Waals surface area contributed by atoms with Crippen LogP contribution in [0.25, 0.3) is 0 Å². The van der Waals surface area contributed by atoms with Gasteiger partial charge in [0.2, 0.25) is 5.91 Å². The van der Waals surface area contributed by atoms with Gasteiger partial charge in [-0.05, 0) is 37.6 Å². The number of anilines is 3. The van der Waals surface area contributed by atoms with Crippen molar-refractivity contribution < 1.29 is 14.3 Å². The Kier molecular flexibility index (Phi) is 5.11. The number of rotatable bonds is 5. The van der Waals surface area contributed by atoms with Gasteiger partial charge in [-0.25, -0.2) is 0 Å². The van der Waals surface area contributed by atoms with Gasteiger partial charge in [0.05, 0.1) is 18.8 Å². The summed E-state index contributed by atoms with van der Waals surface area (Å²) in [7, 11) is 0. The van der Waals surface area contributed by atoms with Gasteiger partial charge in [0.1, 0.15) is 11.9 Å². The Balaban J connectivity index is 1.74. The van der Waals surface area contributed by atoms with Gasteiger partial charge < -0.3 is 20.7 Å². The average molecular weight is 353 g/mol. The highest BCUT2D eigenvalue weighted by atomic mass is 16.5. The van der Waals surface area contributed by atoms with Crippen molar-refractivity contribution in [3.63, 3.8) is 0 Å². The second kappa shape index (κ2) is 7.47. The standard InChI is InChI=1S/C20H23N3O3/c1-3-17-11-23(18-8-7-15(21)10-19(18)26-17)12-20(25)22-16-6-4-5-14(9-16)13(2)24/h4-10,17H,3,11-12,21H2,1-2H3,(H,22,25). The number of ketones is 1. The molecule has 6 heteroatoms. The molecule has 136 valence electrons. The Morgan fingerprint density at radius 3 is 2.81 bits per heavy atom. The molecule has 3 rings (SSSR count). The number of carbonyl (C=O) groups is 2. The second-order valence-electron chi connectivity index (χ2n) is 6.44. The number of carbonyl (C=O) groups excluding carboxylic acids is 2. The fourth-order valence-corrected chi connectivity index (χ4v) is 3.00. The van der Waals surface area contributed by atoms with Crippen LogP contribution in [0.1, 0.15) is 30.6 Å². The quantitative estimate of drug-likeness (QED) is 0.637. The van der Waals surface area contributed by atoms with Gasteiger partial charge in [0, 0.05) is 23.0 Å². The van der Waals surface area contributed by atoms with E-state index < -0.39 is 0 Å². The number of Topliss-reactive ketones (excluding diaryl/α,β-unsaturated/α-hetero) is 1. The first-order valence-electron chi connectivity index (χ1n) is 8.68. The van der Waals surface area contributed by atoms with Crippen LogP contribution in [0, 0.1) is 0 Å². The zero-order valence-corrected chi connectivity index (χ0v) is 15.0. The second-order valence-corrected chi connectivity index (χ2v) is 6.44. The first-order chi connectivity index (χ1) is 12.5. The third-order valence-electron chi connectivity index (χ3n) is 4.38. The van der Waals surface area contributed by atoms with E-state index in [0.717, 1.165) is 12.1 Å². The molecule has 0 radical (unpaired) electrons. The molecular formula is C20H23N3O3. The van der Waals surface area contributed by atoms with Crippen LogP contribution in [-0.2, 0) is 4.79 Å². The Morgan fingerprint density at radius 2 is 2.08 bits per heavy atom. The summed E-state index contributed by atoms with van der Waals surface area (Å²) >= 11 is 0. The summed E-state index contributed by atoms with van der Waals surface area (Å²) in [5, 5.41) is 2.86. The summed E-state index contributed by atoms with van der Waals surface area (Å²) in [5.74, 6) is 0.520. The van der Waals surface area contributed by atoms with E-state index in [4.69, 9.17) is 10.5 Å². The molecule has 1 amide bonds. The number of benzene rings is 2. The third-order valence-corrected chi connectivity index (χ3v) is 4.38. The normalized spacial score (nSPS) is 15.8. The highest BCUT2D eigenvalue weighted by molar-refractivity contribution is 5.98. The maximum Gasteiger partial charge on any atom is 0.243 e. The minimum atomic E-state index is -0.148. The van der Waals surface area contributed by atoms with Crippen molar-refractivity contribution in [2.45, 2.75) is 26.4 Å². The van der Waals surface area contributed by atoms with E-state index in [1.54, 1.807) is 36.4 Å². The number of nitrogens with two attached hydrogens (primary N) is 1. The predicted octanol–water partition coefficient (Wildman–Crippen LogP) is 3.09. The molecule has 0 saturated carbocycles. The highest BCUT2D eigenvalue weighted by Crippen LogP contribution is 2.35. The highest BCUT2D eigenvalue weighted by Gasteiger charge is 2.26. The van der Waals surface area contributed by atoms with E-state index in [-0.39, 0.29) is 24.3 Å². The van der Waals surface area contributed by atoms with Gasteiger partial charge in [0.25, 0.3) is 0 Å². The molecule has 2 aromatic rings. The van der Waals surface area contributed by atoms with Crippen LogP contribution in [0.3, 0.4) is 0 Å². The number of nitrogens with one attached hydrogen (secondary N) is 1. The monoisotopic (exact) mass is 353 g/mol. The Bertz CT molecular complexity index is 835. The van der Waals surface area contributed by atoms with Crippen molar-refractivity contribution in [1.29, 1.82) is 0 Å². The lowest BCUT2D eigenvalue weighted by molar-refractivity contribution is -0.115. The van der Waals surface area contributed by atoms with Crippen molar-refractivity contribution in [1.82, 2.24) is 0 Å². The molecule has 0 aliphatic carbocycles. The molecule has 6 nitrogen and oxygen atoms in total. The molecule has 1 aliphatic rings. The van der Waals surface area contributed by atoms with Crippen LogP contribution in [0.4, 0.5) is 17.1 Å². The molecule has 1 unspecified atom stereocenters. The zero-order chi connectivity index (χ0) is 18.7. The molecule has 1 heterocycles. The molecule has 0 saturated heterocycles. The molecule has 0 spiro atoms. The molecule has 1 atom stereocenters. The third kappa shape index (κ3) is 3.96. The molecular weight excluding hydrogens is 330 g/mol. The fraction of sp³-hybridized carbons (Fsp3) is 0.300. The average Bonchev–Trinajstić information content (AvgIpc) is 2.61. The van der Waals surface area contributed by atoms with Crippen molar-refractivity contribution in [2.75, 3.05) is 29.0 Å². The number of amides is 1. The van der Waals surface area contributed by atoms with Crippen LogP contribution in [0.5, 0.6) is 5.75 Å². The van der Waals surface area contributed by atoms with Crippen molar-refractivity contribution >= 4 is 28.8 Å². The van der Waals surface area contributed by atoms with Gasteiger partial charge >= 0.3 is 0 Å². The zero-order valence-electron chi connectivity index (χ0n) is 15.0. The molecule has 2 aromatic carbocycles. The number of hydrogen-bond acceptors (Lipinski definition) is 5. The first kappa shape index (κ1) is 17.8. The van der Waals surface area contributed by atoms with Crippen molar-refractivity contribution in [3.8, 4) is 5.75 Å². The maximum atomic E-state index is 12.5. The van der Waals surface area contributed by atoms with Crippen molar-refractivity contribution in [3.05, 3.63) is 48.0 Å². The summed E-state index contributed by atoms with van der Waals surface area (Å²) in [6.07, 6.45) is 0.852. The van der Waals surface area contributed by atoms with Gasteiger partial charge in [-0.2, -0.15) is 0 Å². The summed E-state index contributed by atoms with van der Waals surface area (Å²) in [5.41, 5.74) is 8.52. The molecule has 0 aromatic heterocycles. The Hall–Kier alpha value is -3.02. The van der Waals surface area contributed by atoms with Crippen LogP contribution >= 0.6 is 0 Å². The Labute approximate surface area is 152 Å². The van der Waals surface area contributed by atoms with Gasteiger partial charge in [-0.15, -0.1) is 0 Å². The van der Waals surface area contributed by atoms with E-state index in [2.05, 4.69) is 5.32 Å². The minimum absolute atomic E-state index is 0.0122. The largest absolute Gasteiger partial charge is 0.486 e. The van der Waals surface area contributed by atoms with Crippen LogP contribution in [0.15, 0.2) is 42.5 Å². The number of hydrogen-bond donors (Lipinski definition) is 2. The first-order valence-corrected chi connectivity index (χ1v) is 8.68. The van der Waals surface area contributed by atoms with E-state index in [9.17, 15) is 9.59 Å². The summed E-state index contributed by atoms with van der Waals surface area (Å²) in [4.78, 5) is 26.0. The van der Waals surface area contributed by atoms with Gasteiger partial charge in [-0.1, -0.05) is 19.1 Å². The molecule has 3 N–H and O–H groups in total. The predicted molar refractivity (Wildman–Crippen MR) is 103 cm³/mol. The van der Waals surface area contributed by atoms with Crippen molar-refractivity contribution in [2.24, 2.45) is 0 Å². The molecule has 26 heavy (non-hydrogen) atoms. The van der Waals surface area contributed by atoms with E-state index in [0.29, 0.717) is 29.2 Å². The lowest BCUT2D eigenvalue weighted by Crippen LogP contribution is -2.43. The van der Waals surface area contributed by atoms with Gasteiger partial charge in [-0.3, -0.25) is 9.59 Å².